The molecular formula is C24H25N5O2S. The molecule has 0 unspecified atom stereocenters. The normalized spacial score (nSPS) is 11.0. The first kappa shape index (κ1) is 21.8. The topological polar surface area (TPSA) is 81.4 Å². The molecule has 1 amide bonds. The highest BCUT2D eigenvalue weighted by atomic mass is 32.2. The van der Waals surface area contributed by atoms with E-state index in [9.17, 15) is 4.79 Å². The summed E-state index contributed by atoms with van der Waals surface area (Å²) in [5.74, 6) is 2.14. The van der Waals surface area contributed by atoms with Crippen molar-refractivity contribution in [3.05, 3.63) is 82.7 Å². The van der Waals surface area contributed by atoms with Gasteiger partial charge in [0.2, 0.25) is 0 Å². The molecule has 0 aliphatic carbocycles. The summed E-state index contributed by atoms with van der Waals surface area (Å²) >= 11 is 1.68. The average Bonchev–Trinajstić information content (AvgIpc) is 3.22. The Bertz CT molecular complexity index is 1240. The number of benzene rings is 2. The summed E-state index contributed by atoms with van der Waals surface area (Å²) in [6.45, 7) is 4.67. The Morgan fingerprint density at radius 3 is 2.66 bits per heavy atom. The molecule has 32 heavy (non-hydrogen) atoms. The van der Waals surface area contributed by atoms with Gasteiger partial charge in [-0.3, -0.25) is 4.79 Å². The summed E-state index contributed by atoms with van der Waals surface area (Å²) in [5.41, 5.74) is 5.12. The standard InChI is InChI=1S/C24H25N5O2S/c1-16-4-5-17(2)19(14-16)15-32-23-11-10-21-26-27-22(29(21)28-23)12-13-25-24(30)18-6-8-20(31-3)9-7-18/h4-11,14H,12-13,15H2,1-3H3,(H,25,30). The molecule has 0 radical (unpaired) electrons. The number of nitrogens with zero attached hydrogens (tertiary/aromatic N) is 4. The second-order valence-corrected chi connectivity index (χ2v) is 8.51. The fourth-order valence-electron chi connectivity index (χ4n) is 3.29. The van der Waals surface area contributed by atoms with E-state index in [1.54, 1.807) is 47.7 Å². The number of aryl methyl sites for hydroxylation is 2. The van der Waals surface area contributed by atoms with Crippen LogP contribution in [-0.4, -0.2) is 39.4 Å². The molecule has 164 valence electrons. The van der Waals surface area contributed by atoms with Gasteiger partial charge in [-0.25, -0.2) is 0 Å². The number of carbonyl (C=O) groups is 1. The molecule has 0 aliphatic rings. The first-order valence-electron chi connectivity index (χ1n) is 10.4. The van der Waals surface area contributed by atoms with Gasteiger partial charge in [0.25, 0.3) is 5.91 Å². The number of ether oxygens (including phenoxy) is 1. The summed E-state index contributed by atoms with van der Waals surface area (Å²) in [5, 5.41) is 17.0. The van der Waals surface area contributed by atoms with Gasteiger partial charge in [0.05, 0.1) is 7.11 Å². The molecule has 4 aromatic rings. The van der Waals surface area contributed by atoms with E-state index in [0.717, 1.165) is 10.8 Å². The van der Waals surface area contributed by atoms with E-state index in [-0.39, 0.29) is 5.91 Å². The summed E-state index contributed by atoms with van der Waals surface area (Å²) in [6, 6.07) is 17.4. The van der Waals surface area contributed by atoms with Gasteiger partial charge in [-0.1, -0.05) is 35.5 Å². The van der Waals surface area contributed by atoms with Crippen molar-refractivity contribution in [2.24, 2.45) is 0 Å². The van der Waals surface area contributed by atoms with E-state index in [2.05, 4.69) is 47.6 Å². The zero-order valence-corrected chi connectivity index (χ0v) is 19.1. The number of methoxy groups -OCH3 is 1. The van der Waals surface area contributed by atoms with Crippen LogP contribution in [0.5, 0.6) is 5.75 Å². The lowest BCUT2D eigenvalue weighted by Gasteiger charge is -2.07. The lowest BCUT2D eigenvalue weighted by molar-refractivity contribution is 0.0954. The Kier molecular flexibility index (Phi) is 6.70. The van der Waals surface area contributed by atoms with Crippen LogP contribution in [0, 0.1) is 13.8 Å². The minimum Gasteiger partial charge on any atom is -0.497 e. The third-order valence-electron chi connectivity index (χ3n) is 5.17. The third kappa shape index (κ3) is 5.08. The number of amides is 1. The second kappa shape index (κ2) is 9.82. The predicted molar refractivity (Wildman–Crippen MR) is 125 cm³/mol. The zero-order chi connectivity index (χ0) is 22.5. The third-order valence-corrected chi connectivity index (χ3v) is 6.14. The van der Waals surface area contributed by atoms with Gasteiger partial charge in [0, 0.05) is 24.3 Å². The number of aromatic nitrogens is 4. The molecule has 8 heteroatoms. The molecule has 0 saturated heterocycles. The van der Waals surface area contributed by atoms with Gasteiger partial charge in [0.15, 0.2) is 11.5 Å². The number of hydrogen-bond acceptors (Lipinski definition) is 6. The van der Waals surface area contributed by atoms with E-state index in [1.807, 2.05) is 12.1 Å². The smallest absolute Gasteiger partial charge is 0.251 e. The van der Waals surface area contributed by atoms with E-state index in [4.69, 9.17) is 9.84 Å². The molecule has 0 fully saturated rings. The van der Waals surface area contributed by atoms with Crippen LogP contribution < -0.4 is 10.1 Å². The Morgan fingerprint density at radius 1 is 1.06 bits per heavy atom. The quantitative estimate of drug-likeness (QED) is 0.411. The number of thioether (sulfide) groups is 1. The summed E-state index contributed by atoms with van der Waals surface area (Å²) in [6.07, 6.45) is 0.529. The van der Waals surface area contributed by atoms with Crippen LogP contribution in [0.3, 0.4) is 0 Å². The molecule has 2 aromatic heterocycles. The average molecular weight is 448 g/mol. The van der Waals surface area contributed by atoms with E-state index >= 15 is 0 Å². The number of nitrogens with one attached hydrogen (secondary N) is 1. The Morgan fingerprint density at radius 2 is 1.88 bits per heavy atom. The lowest BCUT2D eigenvalue weighted by atomic mass is 10.1. The van der Waals surface area contributed by atoms with Crippen molar-refractivity contribution in [3.8, 4) is 5.75 Å². The van der Waals surface area contributed by atoms with Crippen molar-refractivity contribution in [2.45, 2.75) is 31.0 Å². The van der Waals surface area contributed by atoms with Crippen LogP contribution in [-0.2, 0) is 12.2 Å². The monoisotopic (exact) mass is 447 g/mol. The van der Waals surface area contributed by atoms with Crippen molar-refractivity contribution >= 4 is 23.3 Å². The predicted octanol–water partition coefficient (Wildman–Crippen LogP) is 4.01. The van der Waals surface area contributed by atoms with Crippen LogP contribution in [0.15, 0.2) is 59.6 Å². The van der Waals surface area contributed by atoms with Gasteiger partial charge in [0.1, 0.15) is 10.8 Å². The highest BCUT2D eigenvalue weighted by molar-refractivity contribution is 7.98. The van der Waals surface area contributed by atoms with E-state index < -0.39 is 0 Å². The molecule has 0 atom stereocenters. The van der Waals surface area contributed by atoms with Crippen LogP contribution in [0.4, 0.5) is 0 Å². The van der Waals surface area contributed by atoms with Crippen LogP contribution in [0.2, 0.25) is 0 Å². The number of fused-ring (bicyclic) bond motifs is 1. The molecule has 0 spiro atoms. The van der Waals surface area contributed by atoms with E-state index in [0.29, 0.717) is 35.8 Å². The SMILES string of the molecule is COc1ccc(C(=O)NCCc2nnc3ccc(SCc4cc(C)ccc4C)nn23)cc1. The summed E-state index contributed by atoms with van der Waals surface area (Å²) < 4.78 is 6.88. The van der Waals surface area contributed by atoms with Gasteiger partial charge in [-0.15, -0.1) is 10.2 Å². The number of hydrogen-bond donors (Lipinski definition) is 1. The largest absolute Gasteiger partial charge is 0.497 e. The fraction of sp³-hybridized carbons (Fsp3) is 0.250. The maximum absolute atomic E-state index is 12.3. The number of carbonyl (C=O) groups excluding carboxylic acids is 1. The van der Waals surface area contributed by atoms with Crippen molar-refractivity contribution in [1.29, 1.82) is 0 Å². The lowest BCUT2D eigenvalue weighted by Crippen LogP contribution is -2.26. The molecule has 0 aliphatic heterocycles. The van der Waals surface area contributed by atoms with Crippen molar-refractivity contribution in [1.82, 2.24) is 25.1 Å². The first-order valence-corrected chi connectivity index (χ1v) is 11.3. The Labute approximate surface area is 191 Å². The molecular weight excluding hydrogens is 422 g/mol. The Hall–Kier alpha value is -3.39. The van der Waals surface area contributed by atoms with Gasteiger partial charge in [-0.05, 0) is 61.4 Å². The molecule has 2 heterocycles. The van der Waals surface area contributed by atoms with Crippen LogP contribution in [0.25, 0.3) is 5.65 Å². The summed E-state index contributed by atoms with van der Waals surface area (Å²) in [4.78, 5) is 12.3. The van der Waals surface area contributed by atoms with Crippen molar-refractivity contribution < 1.29 is 9.53 Å². The molecule has 7 nitrogen and oxygen atoms in total. The Balaban J connectivity index is 1.38. The van der Waals surface area contributed by atoms with Gasteiger partial charge < -0.3 is 10.1 Å². The van der Waals surface area contributed by atoms with E-state index in [1.165, 1.54) is 16.7 Å². The maximum Gasteiger partial charge on any atom is 0.251 e. The minimum atomic E-state index is -0.140. The van der Waals surface area contributed by atoms with Gasteiger partial charge >= 0.3 is 0 Å². The minimum absolute atomic E-state index is 0.140. The van der Waals surface area contributed by atoms with Gasteiger partial charge in [-0.2, -0.15) is 9.61 Å². The first-order chi connectivity index (χ1) is 15.5. The summed E-state index contributed by atoms with van der Waals surface area (Å²) in [7, 11) is 1.60. The fourth-order valence-corrected chi connectivity index (χ4v) is 4.21. The second-order valence-electron chi connectivity index (χ2n) is 7.51. The zero-order valence-electron chi connectivity index (χ0n) is 18.3. The van der Waals surface area contributed by atoms with Crippen molar-refractivity contribution in [2.75, 3.05) is 13.7 Å². The molecule has 4 rings (SSSR count). The molecule has 0 saturated carbocycles. The highest BCUT2D eigenvalue weighted by Crippen LogP contribution is 2.23. The molecule has 2 aromatic carbocycles. The van der Waals surface area contributed by atoms with Crippen LogP contribution in [0.1, 0.15) is 32.9 Å². The molecule has 1 N–H and O–H groups in total. The van der Waals surface area contributed by atoms with Crippen LogP contribution >= 0.6 is 11.8 Å². The van der Waals surface area contributed by atoms with Crippen molar-refractivity contribution in [3.63, 3.8) is 0 Å². The maximum atomic E-state index is 12.3. The highest BCUT2D eigenvalue weighted by Gasteiger charge is 2.10. The number of rotatable bonds is 8. The molecule has 0 bridgehead atoms.